The van der Waals surface area contributed by atoms with E-state index >= 15 is 0 Å². The number of alkyl halides is 3. The van der Waals surface area contributed by atoms with E-state index in [1.54, 1.807) is 0 Å². The molecule has 0 spiro atoms. The SMILES string of the molecule is O=S(=O)(NCCN1CCCCC1CO)c1ccc(-c2cc(C(F)(F)F)[nH]n2)o1. The van der Waals surface area contributed by atoms with Gasteiger partial charge in [0.1, 0.15) is 11.4 Å². The summed E-state index contributed by atoms with van der Waals surface area (Å²) in [6.45, 7) is 1.37. The van der Waals surface area contributed by atoms with Gasteiger partial charge in [0.25, 0.3) is 10.0 Å². The minimum absolute atomic E-state index is 0.0240. The molecule has 0 radical (unpaired) electrons. The van der Waals surface area contributed by atoms with Crippen molar-refractivity contribution in [2.45, 2.75) is 36.6 Å². The fourth-order valence-corrected chi connectivity index (χ4v) is 4.10. The first-order chi connectivity index (χ1) is 13.2. The molecule has 1 aliphatic heterocycles. The number of aliphatic hydroxyl groups excluding tert-OH is 1. The molecule has 0 aliphatic carbocycles. The molecule has 1 aliphatic rings. The van der Waals surface area contributed by atoms with Gasteiger partial charge in [0.15, 0.2) is 5.76 Å². The average Bonchev–Trinajstić information content (AvgIpc) is 3.31. The summed E-state index contributed by atoms with van der Waals surface area (Å²) in [7, 11) is -3.96. The van der Waals surface area contributed by atoms with Crippen molar-refractivity contribution in [2.75, 3.05) is 26.2 Å². The summed E-state index contributed by atoms with van der Waals surface area (Å²) in [4.78, 5) is 2.03. The van der Waals surface area contributed by atoms with Crippen LogP contribution in [0.1, 0.15) is 25.0 Å². The molecule has 1 fully saturated rings. The molecule has 0 bridgehead atoms. The molecule has 1 atom stereocenters. The molecule has 3 heterocycles. The molecule has 2 aromatic heterocycles. The van der Waals surface area contributed by atoms with Gasteiger partial charge in [0, 0.05) is 19.1 Å². The number of nitrogens with one attached hydrogen (secondary N) is 2. The van der Waals surface area contributed by atoms with Gasteiger partial charge in [-0.15, -0.1) is 0 Å². The van der Waals surface area contributed by atoms with Crippen LogP contribution in [0.5, 0.6) is 0 Å². The molecule has 3 rings (SSSR count). The van der Waals surface area contributed by atoms with Crippen LogP contribution >= 0.6 is 0 Å². The topological polar surface area (TPSA) is 111 Å². The highest BCUT2D eigenvalue weighted by Gasteiger charge is 2.33. The molecule has 0 aromatic carbocycles. The number of piperidine rings is 1. The van der Waals surface area contributed by atoms with Crippen LogP contribution in [-0.2, 0) is 16.2 Å². The van der Waals surface area contributed by atoms with Gasteiger partial charge in [0.05, 0.1) is 6.61 Å². The fraction of sp³-hybridized carbons (Fsp3) is 0.562. The van der Waals surface area contributed by atoms with E-state index in [0.29, 0.717) is 6.54 Å². The van der Waals surface area contributed by atoms with Gasteiger partial charge in [-0.1, -0.05) is 6.42 Å². The zero-order chi connectivity index (χ0) is 20.4. The van der Waals surface area contributed by atoms with E-state index in [-0.39, 0.29) is 30.6 Å². The second-order valence-electron chi connectivity index (χ2n) is 6.55. The number of H-pyrrole nitrogens is 1. The van der Waals surface area contributed by atoms with Crippen molar-refractivity contribution in [1.29, 1.82) is 0 Å². The summed E-state index contributed by atoms with van der Waals surface area (Å²) in [5, 5.41) is 14.3. The molecule has 0 amide bonds. The summed E-state index contributed by atoms with van der Waals surface area (Å²) in [6, 6.07) is 3.18. The molecule has 1 unspecified atom stereocenters. The monoisotopic (exact) mass is 422 g/mol. The van der Waals surface area contributed by atoms with Gasteiger partial charge in [-0.25, -0.2) is 13.1 Å². The van der Waals surface area contributed by atoms with Crippen molar-refractivity contribution >= 4 is 10.0 Å². The van der Waals surface area contributed by atoms with Gasteiger partial charge in [0.2, 0.25) is 5.09 Å². The van der Waals surface area contributed by atoms with Gasteiger partial charge in [-0.05, 0) is 37.6 Å². The first-order valence-corrected chi connectivity index (χ1v) is 10.3. The molecule has 8 nitrogen and oxygen atoms in total. The highest BCUT2D eigenvalue weighted by atomic mass is 32.2. The van der Waals surface area contributed by atoms with Crippen LogP contribution in [0.3, 0.4) is 0 Å². The maximum absolute atomic E-state index is 12.6. The number of aromatic nitrogens is 2. The molecule has 156 valence electrons. The van der Waals surface area contributed by atoms with Crippen LogP contribution < -0.4 is 4.72 Å². The van der Waals surface area contributed by atoms with Crippen molar-refractivity contribution in [2.24, 2.45) is 0 Å². The Labute approximate surface area is 159 Å². The zero-order valence-corrected chi connectivity index (χ0v) is 15.7. The molecule has 0 saturated carbocycles. The largest absolute Gasteiger partial charge is 0.442 e. The van der Waals surface area contributed by atoms with E-state index in [9.17, 15) is 26.7 Å². The van der Waals surface area contributed by atoms with Crippen LogP contribution in [0.25, 0.3) is 11.5 Å². The molecule has 12 heteroatoms. The molecule has 3 N–H and O–H groups in total. The van der Waals surface area contributed by atoms with Gasteiger partial charge < -0.3 is 9.52 Å². The minimum atomic E-state index is -4.59. The molecule has 2 aromatic rings. The Bertz CT molecular complexity index is 894. The first-order valence-electron chi connectivity index (χ1n) is 8.78. The number of aliphatic hydroxyl groups is 1. The standard InChI is InChI=1S/C16H21F3N4O4S/c17-16(18,19)14-9-12(21-22-14)13-4-5-15(27-13)28(25,26)20-6-8-23-7-2-1-3-11(23)10-24/h4-5,9,11,20,24H,1-3,6-8,10H2,(H,21,22). The number of aromatic amines is 1. The molecular weight excluding hydrogens is 401 g/mol. The van der Waals surface area contributed by atoms with Crippen LogP contribution in [0.2, 0.25) is 0 Å². The van der Waals surface area contributed by atoms with Crippen molar-refractivity contribution in [1.82, 2.24) is 19.8 Å². The highest BCUT2D eigenvalue weighted by Crippen LogP contribution is 2.31. The van der Waals surface area contributed by atoms with Gasteiger partial charge in [-0.2, -0.15) is 18.3 Å². The predicted molar refractivity (Wildman–Crippen MR) is 92.8 cm³/mol. The summed E-state index contributed by atoms with van der Waals surface area (Å²) >= 11 is 0. The second-order valence-corrected chi connectivity index (χ2v) is 8.25. The number of rotatable bonds is 7. The lowest BCUT2D eigenvalue weighted by Crippen LogP contribution is -2.45. The number of furan rings is 1. The Morgan fingerprint density at radius 3 is 2.82 bits per heavy atom. The Kier molecular flexibility index (Phi) is 6.12. The summed E-state index contributed by atoms with van der Waals surface area (Å²) in [5.41, 5.74) is -1.20. The lowest BCUT2D eigenvalue weighted by Gasteiger charge is -2.34. The van der Waals surface area contributed by atoms with Crippen molar-refractivity contribution < 1.29 is 31.1 Å². The van der Waals surface area contributed by atoms with Crippen LogP contribution in [0.15, 0.2) is 27.7 Å². The van der Waals surface area contributed by atoms with Crippen LogP contribution in [-0.4, -0.2) is 60.9 Å². The number of likely N-dealkylation sites (tertiary alicyclic amines) is 1. The van der Waals surface area contributed by atoms with Gasteiger partial charge >= 0.3 is 6.18 Å². The number of sulfonamides is 1. The maximum atomic E-state index is 12.6. The van der Waals surface area contributed by atoms with E-state index in [2.05, 4.69) is 9.82 Å². The fourth-order valence-electron chi connectivity index (χ4n) is 3.15. The lowest BCUT2D eigenvalue weighted by molar-refractivity contribution is -0.141. The third kappa shape index (κ3) is 4.74. The number of hydrogen-bond donors (Lipinski definition) is 3. The van der Waals surface area contributed by atoms with E-state index in [1.165, 1.54) is 6.07 Å². The van der Waals surface area contributed by atoms with Crippen molar-refractivity contribution in [3.63, 3.8) is 0 Å². The molecular formula is C16H21F3N4O4S. The number of halogens is 3. The minimum Gasteiger partial charge on any atom is -0.442 e. The van der Waals surface area contributed by atoms with E-state index in [1.807, 2.05) is 10.00 Å². The van der Waals surface area contributed by atoms with E-state index in [0.717, 1.165) is 37.9 Å². The third-order valence-corrected chi connectivity index (χ3v) is 5.97. The Balaban J connectivity index is 1.62. The van der Waals surface area contributed by atoms with Crippen molar-refractivity contribution in [3.8, 4) is 11.5 Å². The predicted octanol–water partition coefficient (Wildman–Crippen LogP) is 1.81. The summed E-state index contributed by atoms with van der Waals surface area (Å²) < 4.78 is 70.2. The van der Waals surface area contributed by atoms with E-state index < -0.39 is 27.0 Å². The van der Waals surface area contributed by atoms with Crippen LogP contribution in [0.4, 0.5) is 13.2 Å². The normalized spacial score (nSPS) is 19.2. The first kappa shape index (κ1) is 20.8. The third-order valence-electron chi connectivity index (χ3n) is 4.63. The quantitative estimate of drug-likeness (QED) is 0.628. The number of hydrogen-bond acceptors (Lipinski definition) is 6. The van der Waals surface area contributed by atoms with Crippen molar-refractivity contribution in [3.05, 3.63) is 23.9 Å². The summed E-state index contributed by atoms with van der Waals surface area (Å²) in [5.74, 6) is -0.0940. The Hall–Kier alpha value is -1.89. The lowest BCUT2D eigenvalue weighted by atomic mass is 10.0. The molecule has 1 saturated heterocycles. The number of nitrogens with zero attached hydrogens (tertiary/aromatic N) is 2. The zero-order valence-electron chi connectivity index (χ0n) is 14.9. The Morgan fingerprint density at radius 2 is 2.14 bits per heavy atom. The van der Waals surface area contributed by atoms with Gasteiger partial charge in [-0.3, -0.25) is 10.00 Å². The van der Waals surface area contributed by atoms with E-state index in [4.69, 9.17) is 4.42 Å². The highest BCUT2D eigenvalue weighted by molar-refractivity contribution is 7.89. The maximum Gasteiger partial charge on any atom is 0.432 e. The van der Waals surface area contributed by atoms with Crippen LogP contribution in [0, 0.1) is 0 Å². The molecule has 28 heavy (non-hydrogen) atoms. The average molecular weight is 422 g/mol. The summed E-state index contributed by atoms with van der Waals surface area (Å²) in [6.07, 6.45) is -1.69. The Morgan fingerprint density at radius 1 is 1.36 bits per heavy atom. The second kappa shape index (κ2) is 8.23. The smallest absolute Gasteiger partial charge is 0.432 e.